The normalized spacial score (nSPS) is 17.2. The Bertz CT molecular complexity index is 2180. The Labute approximate surface area is 301 Å². The van der Waals surface area contributed by atoms with Crippen LogP contribution in [-0.4, -0.2) is 58.4 Å². The standard InChI is InChI=1S/C39H41ClN8O3/c1-23-29(24-15-16-48-34(17-24)44-20-26(39(48)51)19-43-22-28-11-14-36(50)46-28)5-3-6-30(23)31-7-4-8-32(37(31)40)33-12-9-25(38(41-2)47-33)18-42-21-27-10-13-35(49)45-27/h3-9,12,15-17,20,27-28,42-43H,10-11,13-14,18-19,21-22H2,1-2H3,(H,41,47)(H,45,49)(H,46,50)/t27-,28-/m1/s1. The van der Waals surface area contributed by atoms with E-state index < -0.39 is 0 Å². The number of carbonyl (C=O) groups excluding carboxylic acids is 2. The second-order valence-corrected chi connectivity index (χ2v) is 13.6. The van der Waals surface area contributed by atoms with Gasteiger partial charge in [0.1, 0.15) is 11.5 Å². The number of halogens is 1. The number of pyridine rings is 2. The van der Waals surface area contributed by atoms with Gasteiger partial charge < -0.3 is 26.6 Å². The zero-order valence-corrected chi connectivity index (χ0v) is 29.4. The number of aromatic nitrogens is 3. The van der Waals surface area contributed by atoms with E-state index in [4.69, 9.17) is 16.6 Å². The van der Waals surface area contributed by atoms with Crippen LogP contribution in [0.15, 0.2) is 77.9 Å². The Hall–Kier alpha value is -5.10. The quantitative estimate of drug-likeness (QED) is 0.124. The molecule has 5 heterocycles. The van der Waals surface area contributed by atoms with Crippen LogP contribution in [0.2, 0.25) is 5.02 Å². The molecular weight excluding hydrogens is 664 g/mol. The molecule has 5 N–H and O–H groups in total. The third-order valence-electron chi connectivity index (χ3n) is 9.79. The molecule has 2 fully saturated rings. The minimum Gasteiger partial charge on any atom is -0.373 e. The van der Waals surface area contributed by atoms with Gasteiger partial charge in [-0.1, -0.05) is 54.1 Å². The monoisotopic (exact) mass is 704 g/mol. The molecule has 2 aliphatic rings. The van der Waals surface area contributed by atoms with Crippen LogP contribution < -0.4 is 32.1 Å². The van der Waals surface area contributed by atoms with Crippen molar-refractivity contribution in [2.24, 2.45) is 0 Å². The topological polar surface area (TPSA) is 142 Å². The molecule has 0 radical (unpaired) electrons. The maximum absolute atomic E-state index is 13.3. The first kappa shape index (κ1) is 34.4. The summed E-state index contributed by atoms with van der Waals surface area (Å²) < 4.78 is 1.57. The average molecular weight is 705 g/mol. The molecule has 2 aliphatic heterocycles. The Balaban J connectivity index is 1.10. The maximum Gasteiger partial charge on any atom is 0.262 e. The molecule has 0 aliphatic carbocycles. The summed E-state index contributed by atoms with van der Waals surface area (Å²) in [4.78, 5) is 45.8. The van der Waals surface area contributed by atoms with Gasteiger partial charge in [-0.3, -0.25) is 18.8 Å². The third-order valence-corrected chi connectivity index (χ3v) is 10.2. The molecule has 5 aromatic rings. The molecule has 0 bridgehead atoms. The van der Waals surface area contributed by atoms with Gasteiger partial charge in [-0.2, -0.15) is 0 Å². The molecule has 2 atom stereocenters. The number of hydrogen-bond acceptors (Lipinski definition) is 8. The van der Waals surface area contributed by atoms with Crippen molar-refractivity contribution in [3.8, 4) is 33.5 Å². The van der Waals surface area contributed by atoms with Crippen molar-refractivity contribution in [3.05, 3.63) is 105 Å². The fourth-order valence-electron chi connectivity index (χ4n) is 7.00. The van der Waals surface area contributed by atoms with Crippen LogP contribution in [0.5, 0.6) is 0 Å². The lowest BCUT2D eigenvalue weighted by molar-refractivity contribution is -0.120. The number of nitrogens with zero attached hydrogens (tertiary/aromatic N) is 3. The van der Waals surface area contributed by atoms with Crippen molar-refractivity contribution in [2.45, 2.75) is 57.8 Å². The Kier molecular flexibility index (Phi) is 10.1. The molecule has 0 unspecified atom stereocenters. The summed E-state index contributed by atoms with van der Waals surface area (Å²) in [5, 5.41) is 16.5. The van der Waals surface area contributed by atoms with Gasteiger partial charge in [0.15, 0.2) is 0 Å². The SMILES string of the molecule is CNc1nc(-c2cccc(-c3cccc(-c4ccn5c(=O)c(CNC[C@H]6CCC(=O)N6)cnc5c4)c3C)c2Cl)ccc1CNC[C@H]1CCC(=O)N1. The van der Waals surface area contributed by atoms with Gasteiger partial charge in [-0.15, -0.1) is 0 Å². The van der Waals surface area contributed by atoms with Crippen LogP contribution >= 0.6 is 11.6 Å². The zero-order chi connectivity index (χ0) is 35.5. The maximum atomic E-state index is 13.3. The molecule has 0 spiro atoms. The number of fused-ring (bicyclic) bond motifs is 1. The number of carbonyl (C=O) groups is 2. The van der Waals surface area contributed by atoms with Crippen LogP contribution in [0.25, 0.3) is 39.2 Å². The molecule has 2 aromatic carbocycles. The van der Waals surface area contributed by atoms with Crippen LogP contribution in [0.4, 0.5) is 5.82 Å². The average Bonchev–Trinajstić information content (AvgIpc) is 3.76. The molecule has 2 amide bonds. The first-order valence-corrected chi connectivity index (χ1v) is 17.7. The predicted molar refractivity (Wildman–Crippen MR) is 201 cm³/mol. The van der Waals surface area contributed by atoms with Gasteiger partial charge in [0.05, 0.1) is 10.7 Å². The number of nitrogens with one attached hydrogen (secondary N) is 5. The van der Waals surface area contributed by atoms with Crippen molar-refractivity contribution >= 4 is 34.9 Å². The molecule has 3 aromatic heterocycles. The minimum absolute atomic E-state index is 0.0722. The number of rotatable bonds is 12. The minimum atomic E-state index is -0.123. The number of anilines is 1. The van der Waals surface area contributed by atoms with Gasteiger partial charge >= 0.3 is 0 Å². The number of amides is 2. The molecular formula is C39H41ClN8O3. The van der Waals surface area contributed by atoms with Crippen molar-refractivity contribution in [3.63, 3.8) is 0 Å². The van der Waals surface area contributed by atoms with E-state index in [1.807, 2.05) is 49.5 Å². The largest absolute Gasteiger partial charge is 0.373 e. The lowest BCUT2D eigenvalue weighted by Gasteiger charge is -2.17. The van der Waals surface area contributed by atoms with Crippen molar-refractivity contribution in [1.82, 2.24) is 35.6 Å². The summed E-state index contributed by atoms with van der Waals surface area (Å²) in [5.41, 5.74) is 8.52. The van der Waals surface area contributed by atoms with Crippen molar-refractivity contribution in [1.29, 1.82) is 0 Å². The Morgan fingerprint density at radius 3 is 2.14 bits per heavy atom. The Morgan fingerprint density at radius 1 is 0.824 bits per heavy atom. The highest BCUT2D eigenvalue weighted by Gasteiger charge is 2.22. The first-order valence-electron chi connectivity index (χ1n) is 17.4. The second-order valence-electron chi connectivity index (χ2n) is 13.2. The number of hydrogen-bond donors (Lipinski definition) is 5. The summed E-state index contributed by atoms with van der Waals surface area (Å²) in [7, 11) is 1.86. The third kappa shape index (κ3) is 7.37. The van der Waals surface area contributed by atoms with E-state index in [1.54, 1.807) is 16.8 Å². The van der Waals surface area contributed by atoms with Crippen LogP contribution in [0.1, 0.15) is 42.4 Å². The fraction of sp³-hybridized carbons (Fsp3) is 0.308. The van der Waals surface area contributed by atoms with E-state index in [1.165, 1.54) is 0 Å². The second kappa shape index (κ2) is 15.0. The fourth-order valence-corrected chi connectivity index (χ4v) is 7.32. The first-order chi connectivity index (χ1) is 24.8. The van der Waals surface area contributed by atoms with E-state index >= 15 is 0 Å². The van der Waals surface area contributed by atoms with Gasteiger partial charge in [0.2, 0.25) is 11.8 Å². The highest BCUT2D eigenvalue weighted by molar-refractivity contribution is 6.36. The van der Waals surface area contributed by atoms with E-state index in [9.17, 15) is 14.4 Å². The predicted octanol–water partition coefficient (Wildman–Crippen LogP) is 4.83. The van der Waals surface area contributed by atoms with Gasteiger partial charge in [0.25, 0.3) is 5.56 Å². The van der Waals surface area contributed by atoms with E-state index in [2.05, 4.69) is 56.7 Å². The zero-order valence-electron chi connectivity index (χ0n) is 28.7. The lowest BCUT2D eigenvalue weighted by atomic mass is 9.92. The summed E-state index contributed by atoms with van der Waals surface area (Å²) in [6.07, 6.45) is 6.19. The molecule has 262 valence electrons. The van der Waals surface area contributed by atoms with Crippen LogP contribution in [-0.2, 0) is 22.7 Å². The molecule has 7 rings (SSSR count). The van der Waals surface area contributed by atoms with E-state index in [0.29, 0.717) is 55.3 Å². The van der Waals surface area contributed by atoms with Crippen molar-refractivity contribution in [2.75, 3.05) is 25.5 Å². The summed E-state index contributed by atoms with van der Waals surface area (Å²) in [5.74, 6) is 0.950. The molecule has 12 heteroatoms. The van der Waals surface area contributed by atoms with Gasteiger partial charge in [-0.05, 0) is 60.2 Å². The smallest absolute Gasteiger partial charge is 0.262 e. The van der Waals surface area contributed by atoms with Crippen molar-refractivity contribution < 1.29 is 9.59 Å². The van der Waals surface area contributed by atoms with Crippen LogP contribution in [0.3, 0.4) is 0 Å². The van der Waals surface area contributed by atoms with Gasteiger partial charge in [0, 0.05) is 92.8 Å². The number of benzene rings is 2. The highest BCUT2D eigenvalue weighted by atomic mass is 35.5. The molecule has 11 nitrogen and oxygen atoms in total. The van der Waals surface area contributed by atoms with Crippen LogP contribution in [0, 0.1) is 6.92 Å². The molecule has 2 saturated heterocycles. The van der Waals surface area contributed by atoms with E-state index in [0.717, 1.165) is 63.3 Å². The Morgan fingerprint density at radius 2 is 1.47 bits per heavy atom. The lowest BCUT2D eigenvalue weighted by Crippen LogP contribution is -2.36. The van der Waals surface area contributed by atoms with E-state index in [-0.39, 0.29) is 29.5 Å². The molecule has 0 saturated carbocycles. The summed E-state index contributed by atoms with van der Waals surface area (Å²) in [6, 6.07) is 20.3. The highest BCUT2D eigenvalue weighted by Crippen LogP contribution is 2.40. The van der Waals surface area contributed by atoms with Gasteiger partial charge in [-0.25, -0.2) is 9.97 Å². The summed E-state index contributed by atoms with van der Waals surface area (Å²) in [6.45, 7) is 4.39. The summed E-state index contributed by atoms with van der Waals surface area (Å²) >= 11 is 7.16. The molecule has 51 heavy (non-hydrogen) atoms.